The number of carbonyl (C=O) groups is 1. The van der Waals surface area contributed by atoms with Gasteiger partial charge in [0.05, 0.1) is 12.1 Å². The summed E-state index contributed by atoms with van der Waals surface area (Å²) in [6, 6.07) is 0. The predicted molar refractivity (Wildman–Crippen MR) is 80.2 cm³/mol. The molecule has 0 saturated carbocycles. The number of hydrogen-bond acceptors (Lipinski definition) is 4. The van der Waals surface area contributed by atoms with E-state index in [0.717, 1.165) is 12.8 Å². The third kappa shape index (κ3) is 3.50. The molecule has 3 atom stereocenters. The average Bonchev–Trinajstić information content (AvgIpc) is 2.79. The van der Waals surface area contributed by atoms with Crippen LogP contribution in [0, 0.1) is 5.92 Å². The van der Waals surface area contributed by atoms with E-state index >= 15 is 0 Å². The lowest BCUT2D eigenvalue weighted by molar-refractivity contribution is -0.146. The molecule has 3 unspecified atom stereocenters. The molecule has 1 aromatic heterocycles. The fourth-order valence-electron chi connectivity index (χ4n) is 2.50. The number of carbonyl (C=O) groups excluding carboxylic acids is 1. The highest BCUT2D eigenvalue weighted by Gasteiger charge is 2.41. The molecule has 1 aromatic rings. The van der Waals surface area contributed by atoms with Crippen LogP contribution in [0.1, 0.15) is 44.0 Å². The molecule has 8 heteroatoms. The second-order valence-electron chi connectivity index (χ2n) is 5.07. The summed E-state index contributed by atoms with van der Waals surface area (Å²) in [4.78, 5) is 11.8. The summed E-state index contributed by atoms with van der Waals surface area (Å²) in [5, 5.41) is 10.2. The number of H-pyrrole nitrogens is 1. The first kappa shape index (κ1) is 15.7. The van der Waals surface area contributed by atoms with Crippen LogP contribution in [0.25, 0.3) is 0 Å². The molecule has 1 N–H and O–H groups in total. The first-order chi connectivity index (χ1) is 9.41. The molecule has 0 spiro atoms. The van der Waals surface area contributed by atoms with Crippen molar-refractivity contribution in [2.24, 2.45) is 5.92 Å². The van der Waals surface area contributed by atoms with E-state index < -0.39 is 17.5 Å². The summed E-state index contributed by atoms with van der Waals surface area (Å²) in [6.07, 6.45) is 2.81. The van der Waals surface area contributed by atoms with E-state index in [1.165, 1.54) is 0 Å². The Morgan fingerprint density at radius 3 is 3.10 bits per heavy atom. The fraction of sp³-hybridized carbons (Fsp3) is 0.750. The Labute approximate surface area is 132 Å². The minimum Gasteiger partial charge on any atom is -0.452 e. The van der Waals surface area contributed by atoms with Crippen molar-refractivity contribution in [3.05, 3.63) is 11.4 Å². The van der Waals surface area contributed by atoms with E-state index in [1.54, 1.807) is 6.92 Å². The Balaban J connectivity index is 2.18. The topological polar surface area (TPSA) is 67.9 Å². The van der Waals surface area contributed by atoms with Crippen molar-refractivity contribution in [3.8, 4) is 0 Å². The van der Waals surface area contributed by atoms with Crippen LogP contribution >= 0.6 is 22.6 Å². The Morgan fingerprint density at radius 1 is 1.65 bits per heavy atom. The van der Waals surface area contributed by atoms with Crippen molar-refractivity contribution in [1.82, 2.24) is 15.4 Å². The molecule has 0 saturated heterocycles. The molecule has 1 heterocycles. The van der Waals surface area contributed by atoms with Crippen molar-refractivity contribution in [1.29, 1.82) is 0 Å². The van der Waals surface area contributed by atoms with E-state index in [2.05, 4.69) is 15.4 Å². The van der Waals surface area contributed by atoms with Gasteiger partial charge in [0, 0.05) is 5.92 Å². The quantitative estimate of drug-likeness (QED) is 0.371. The van der Waals surface area contributed by atoms with Gasteiger partial charge in [-0.25, -0.2) is 4.39 Å². The zero-order valence-electron chi connectivity index (χ0n) is 11.2. The third-order valence-corrected chi connectivity index (χ3v) is 3.75. The van der Waals surface area contributed by atoms with Crippen molar-refractivity contribution >= 4 is 36.4 Å². The minimum atomic E-state index is -2.16. The molecule has 0 aliphatic heterocycles. The molecular formula is C12H16BFIN3O2. The van der Waals surface area contributed by atoms with Crippen LogP contribution in [-0.4, -0.2) is 33.3 Å². The Kier molecular flexibility index (Phi) is 5.03. The van der Waals surface area contributed by atoms with Crippen molar-refractivity contribution in [2.45, 2.75) is 48.7 Å². The summed E-state index contributed by atoms with van der Waals surface area (Å²) < 4.78 is 19.8. The monoisotopic (exact) mass is 391 g/mol. The van der Waals surface area contributed by atoms with E-state index in [1.807, 2.05) is 22.6 Å². The van der Waals surface area contributed by atoms with Gasteiger partial charge < -0.3 is 4.74 Å². The molecule has 1 aliphatic carbocycles. The summed E-state index contributed by atoms with van der Waals surface area (Å²) in [6.45, 7) is 1.75. The lowest BCUT2D eigenvalue weighted by Crippen LogP contribution is -2.36. The molecule has 1 aliphatic rings. The molecule has 0 amide bonds. The number of halogens is 2. The fourth-order valence-corrected chi connectivity index (χ4v) is 2.79. The average molecular weight is 391 g/mol. The maximum absolute atomic E-state index is 14.9. The number of ether oxygens (including phenoxy) is 1. The molecule has 20 heavy (non-hydrogen) atoms. The Hall–Kier alpha value is -0.665. The van der Waals surface area contributed by atoms with Crippen LogP contribution in [0.2, 0.25) is 0 Å². The van der Waals surface area contributed by atoms with Crippen LogP contribution in [0.5, 0.6) is 0 Å². The number of nitrogens with zero attached hydrogens (tertiary/aromatic N) is 2. The van der Waals surface area contributed by atoms with E-state index in [0.29, 0.717) is 18.5 Å². The molecule has 5 nitrogen and oxygen atoms in total. The van der Waals surface area contributed by atoms with Crippen LogP contribution < -0.4 is 0 Å². The number of fused-ring (bicyclic) bond motifs is 1. The molecule has 2 rings (SSSR count). The van der Waals surface area contributed by atoms with Gasteiger partial charge in [-0.15, -0.1) is 0 Å². The van der Waals surface area contributed by atoms with Gasteiger partial charge in [0.2, 0.25) is 0 Å². The largest absolute Gasteiger partial charge is 0.452 e. The van der Waals surface area contributed by atoms with Crippen molar-refractivity contribution in [2.75, 3.05) is 0 Å². The molecule has 0 aromatic carbocycles. The van der Waals surface area contributed by atoms with Gasteiger partial charge in [0.25, 0.3) is 0 Å². The Bertz CT molecular complexity index is 481. The minimum absolute atomic E-state index is 0.0490. The summed E-state index contributed by atoms with van der Waals surface area (Å²) in [7, 11) is 5.83. The smallest absolute Gasteiger partial charge is 0.307 e. The van der Waals surface area contributed by atoms with Crippen molar-refractivity contribution in [3.63, 3.8) is 0 Å². The SMILES string of the molecule is [B]C1(F)c2n[nH]nc2CCCCC1CC(=O)OC(C)I. The van der Waals surface area contributed by atoms with Gasteiger partial charge in [-0.1, -0.05) is 6.42 Å². The van der Waals surface area contributed by atoms with Crippen molar-refractivity contribution < 1.29 is 13.9 Å². The number of hydrogen-bond donors (Lipinski definition) is 1. The molecule has 108 valence electrons. The van der Waals surface area contributed by atoms with Gasteiger partial charge >= 0.3 is 5.97 Å². The number of aromatic nitrogens is 3. The standard InChI is InChI=1S/C12H16BFIN3O2/c1-7(15)20-10(19)6-8-4-2-3-5-9-11(12(8,13)14)17-18-16-9/h7-8H,2-6H2,1H3,(H,16,17,18). The van der Waals surface area contributed by atoms with Gasteiger partial charge in [-0.2, -0.15) is 15.4 Å². The maximum atomic E-state index is 14.9. The number of alkyl halides is 2. The van der Waals surface area contributed by atoms with E-state index in [4.69, 9.17) is 12.6 Å². The van der Waals surface area contributed by atoms with Gasteiger partial charge in [0.15, 0.2) is 0 Å². The van der Waals surface area contributed by atoms with Crippen LogP contribution in [0.3, 0.4) is 0 Å². The van der Waals surface area contributed by atoms with Crippen LogP contribution in [0.15, 0.2) is 0 Å². The second-order valence-corrected chi connectivity index (χ2v) is 6.82. The third-order valence-electron chi connectivity index (χ3n) is 3.50. The summed E-state index contributed by atoms with van der Waals surface area (Å²) in [5.41, 5.74) is -1.48. The number of nitrogens with one attached hydrogen (secondary N) is 1. The summed E-state index contributed by atoms with van der Waals surface area (Å²) in [5.74, 6) is -1.08. The van der Waals surface area contributed by atoms with E-state index in [9.17, 15) is 9.18 Å². The Morgan fingerprint density at radius 2 is 2.40 bits per heavy atom. The van der Waals surface area contributed by atoms with E-state index in [-0.39, 0.29) is 16.2 Å². The zero-order chi connectivity index (χ0) is 14.8. The lowest BCUT2D eigenvalue weighted by atomic mass is 9.66. The van der Waals surface area contributed by atoms with Crippen LogP contribution in [0.4, 0.5) is 4.39 Å². The van der Waals surface area contributed by atoms with Gasteiger partial charge in [0.1, 0.15) is 23.2 Å². The lowest BCUT2D eigenvalue weighted by Gasteiger charge is -2.31. The molecule has 0 fully saturated rings. The highest BCUT2D eigenvalue weighted by Crippen LogP contribution is 2.39. The molecule has 0 bridgehead atoms. The first-order valence-electron chi connectivity index (χ1n) is 6.62. The second kappa shape index (κ2) is 6.40. The highest BCUT2D eigenvalue weighted by atomic mass is 127. The normalized spacial score (nSPS) is 28.1. The molecular weight excluding hydrogens is 375 g/mol. The number of aromatic amines is 1. The highest BCUT2D eigenvalue weighted by molar-refractivity contribution is 14.1. The zero-order valence-corrected chi connectivity index (χ0v) is 13.4. The van der Waals surface area contributed by atoms with Crippen LogP contribution in [-0.2, 0) is 21.5 Å². The van der Waals surface area contributed by atoms with Gasteiger partial charge in [-0.3, -0.25) is 4.79 Å². The predicted octanol–water partition coefficient (Wildman–Crippen LogP) is 2.15. The van der Waals surface area contributed by atoms with Gasteiger partial charge in [-0.05, 0) is 48.8 Å². The maximum Gasteiger partial charge on any atom is 0.307 e. The molecule has 2 radical (unpaired) electrons. The summed E-state index contributed by atoms with van der Waals surface area (Å²) >= 11 is 1.98. The number of esters is 1. The number of rotatable bonds is 3. The first-order valence-corrected chi connectivity index (χ1v) is 7.87. The number of aryl methyl sites for hydroxylation is 1.